The van der Waals surface area contributed by atoms with E-state index in [9.17, 15) is 28.0 Å². The number of carbonyl (C=O) groups is 2. The average Bonchev–Trinajstić information content (AvgIpc) is 3.53. The van der Waals surface area contributed by atoms with Crippen molar-refractivity contribution in [2.45, 2.75) is 19.6 Å². The predicted molar refractivity (Wildman–Crippen MR) is 123 cm³/mol. The van der Waals surface area contributed by atoms with Crippen LogP contribution < -0.4 is 10.6 Å². The number of aromatic nitrogens is 6. The Labute approximate surface area is 207 Å². The second kappa shape index (κ2) is 9.90. The lowest BCUT2D eigenvalue weighted by atomic mass is 10.0. The van der Waals surface area contributed by atoms with E-state index in [2.05, 4.69) is 31.1 Å². The van der Waals surface area contributed by atoms with Crippen molar-refractivity contribution in [1.82, 2.24) is 35.3 Å². The molecule has 0 fully saturated rings. The van der Waals surface area contributed by atoms with Gasteiger partial charge in [0.25, 0.3) is 17.6 Å². The summed E-state index contributed by atoms with van der Waals surface area (Å²) in [6.07, 6.45) is -4.76. The zero-order chi connectivity index (χ0) is 26.7. The third-order valence-corrected chi connectivity index (χ3v) is 5.18. The van der Waals surface area contributed by atoms with Gasteiger partial charge in [-0.25, -0.2) is 4.68 Å². The standard InChI is InChI=1S/C23H18F3N9O2/c1-13-8-14(11-27)9-17(20(36)28-2)19(13)29-21(37)18-10-15(31-35(18)16-6-4-3-5-7-16)12-34-32-22(30-33-34)23(24,25)26/h3-10H,12H2,1-2H3,(H,28,36)(H,29,37). The number of halogens is 3. The Bertz CT molecular complexity index is 1520. The number of nitrogens with one attached hydrogen (secondary N) is 2. The molecule has 0 radical (unpaired) electrons. The van der Waals surface area contributed by atoms with E-state index in [1.807, 2.05) is 6.07 Å². The normalized spacial score (nSPS) is 11.1. The van der Waals surface area contributed by atoms with Gasteiger partial charge in [-0.1, -0.05) is 18.2 Å². The largest absolute Gasteiger partial charge is 0.455 e. The fourth-order valence-electron chi connectivity index (χ4n) is 3.51. The van der Waals surface area contributed by atoms with Gasteiger partial charge in [-0.15, -0.1) is 10.2 Å². The molecule has 4 aromatic rings. The lowest BCUT2D eigenvalue weighted by molar-refractivity contribution is -0.145. The van der Waals surface area contributed by atoms with Crippen LogP contribution in [0.25, 0.3) is 5.69 Å². The Balaban J connectivity index is 1.73. The minimum atomic E-state index is -4.76. The van der Waals surface area contributed by atoms with Crippen LogP contribution in [0.3, 0.4) is 0 Å². The topological polar surface area (TPSA) is 143 Å². The number of alkyl halides is 3. The van der Waals surface area contributed by atoms with Gasteiger partial charge in [0.2, 0.25) is 0 Å². The van der Waals surface area contributed by atoms with Gasteiger partial charge in [0.1, 0.15) is 12.2 Å². The molecule has 0 saturated heterocycles. The summed E-state index contributed by atoms with van der Waals surface area (Å²) in [4.78, 5) is 26.6. The molecule has 14 heteroatoms. The maximum absolute atomic E-state index is 13.4. The van der Waals surface area contributed by atoms with Crippen LogP contribution in [0, 0.1) is 18.3 Å². The van der Waals surface area contributed by atoms with Crippen LogP contribution in [0.15, 0.2) is 48.5 Å². The number of nitrogens with zero attached hydrogens (tertiary/aromatic N) is 7. The minimum absolute atomic E-state index is 0.0315. The van der Waals surface area contributed by atoms with Crippen LogP contribution in [-0.2, 0) is 12.7 Å². The fourth-order valence-corrected chi connectivity index (χ4v) is 3.51. The first-order valence-corrected chi connectivity index (χ1v) is 10.7. The number of tetrazole rings is 1. The monoisotopic (exact) mass is 509 g/mol. The van der Waals surface area contributed by atoms with E-state index in [0.717, 1.165) is 4.80 Å². The maximum atomic E-state index is 13.4. The number of carbonyl (C=O) groups excluding carboxylic acids is 2. The van der Waals surface area contributed by atoms with Gasteiger partial charge in [-0.05, 0) is 48.0 Å². The molecule has 0 saturated carbocycles. The predicted octanol–water partition coefficient (Wildman–Crippen LogP) is 2.72. The molecule has 0 aliphatic rings. The molecule has 2 amide bonds. The van der Waals surface area contributed by atoms with Crippen LogP contribution in [-0.4, -0.2) is 48.8 Å². The maximum Gasteiger partial charge on any atom is 0.455 e. The summed E-state index contributed by atoms with van der Waals surface area (Å²) in [6.45, 7) is 1.35. The number of para-hydroxylation sites is 1. The van der Waals surface area contributed by atoms with E-state index >= 15 is 0 Å². The van der Waals surface area contributed by atoms with E-state index in [1.165, 1.54) is 29.9 Å². The van der Waals surface area contributed by atoms with Crippen LogP contribution >= 0.6 is 0 Å². The van der Waals surface area contributed by atoms with Crippen LogP contribution in [0.1, 0.15) is 43.5 Å². The van der Waals surface area contributed by atoms with Crippen molar-refractivity contribution >= 4 is 17.5 Å². The molecule has 2 aromatic heterocycles. The summed E-state index contributed by atoms with van der Waals surface area (Å²) in [6, 6.07) is 14.8. The van der Waals surface area contributed by atoms with Crippen molar-refractivity contribution in [2.24, 2.45) is 0 Å². The molecule has 188 valence electrons. The molecule has 4 rings (SSSR count). The van der Waals surface area contributed by atoms with Crippen molar-refractivity contribution < 1.29 is 22.8 Å². The van der Waals surface area contributed by atoms with Gasteiger partial charge in [-0.3, -0.25) is 9.59 Å². The summed E-state index contributed by atoms with van der Waals surface area (Å²) in [5.41, 5.74) is 1.72. The summed E-state index contributed by atoms with van der Waals surface area (Å²) >= 11 is 0. The summed E-state index contributed by atoms with van der Waals surface area (Å²) in [7, 11) is 1.42. The Kier molecular flexibility index (Phi) is 6.70. The first kappa shape index (κ1) is 25.0. The summed E-state index contributed by atoms with van der Waals surface area (Å²) in [5.74, 6) is -2.56. The summed E-state index contributed by atoms with van der Waals surface area (Å²) < 4.78 is 39.8. The minimum Gasteiger partial charge on any atom is -0.355 e. The highest BCUT2D eigenvalue weighted by Crippen LogP contribution is 2.26. The van der Waals surface area contributed by atoms with Gasteiger partial charge < -0.3 is 10.6 Å². The van der Waals surface area contributed by atoms with E-state index in [1.54, 1.807) is 37.3 Å². The lowest BCUT2D eigenvalue weighted by Gasteiger charge is -2.14. The van der Waals surface area contributed by atoms with E-state index < -0.39 is 23.8 Å². The molecule has 0 aliphatic carbocycles. The zero-order valence-corrected chi connectivity index (χ0v) is 19.4. The highest BCUT2D eigenvalue weighted by atomic mass is 19.4. The number of benzene rings is 2. The molecule has 11 nitrogen and oxygen atoms in total. The molecule has 0 bridgehead atoms. The van der Waals surface area contributed by atoms with Crippen LogP contribution in [0.2, 0.25) is 0 Å². The summed E-state index contributed by atoms with van der Waals surface area (Å²) in [5, 5.41) is 28.5. The van der Waals surface area contributed by atoms with E-state index in [-0.39, 0.29) is 34.7 Å². The molecule has 37 heavy (non-hydrogen) atoms. The van der Waals surface area contributed by atoms with Crippen molar-refractivity contribution in [3.8, 4) is 11.8 Å². The van der Waals surface area contributed by atoms with Gasteiger partial charge in [0, 0.05) is 7.05 Å². The Morgan fingerprint density at radius 3 is 2.43 bits per heavy atom. The molecule has 0 aliphatic heterocycles. The molecule has 0 spiro atoms. The smallest absolute Gasteiger partial charge is 0.355 e. The molecule has 2 aromatic carbocycles. The number of amides is 2. The van der Waals surface area contributed by atoms with Crippen molar-refractivity contribution in [1.29, 1.82) is 5.26 Å². The number of hydrogen-bond acceptors (Lipinski definition) is 7. The van der Waals surface area contributed by atoms with Crippen LogP contribution in [0.5, 0.6) is 0 Å². The lowest BCUT2D eigenvalue weighted by Crippen LogP contribution is -2.23. The SMILES string of the molecule is CNC(=O)c1cc(C#N)cc(C)c1NC(=O)c1cc(Cn2nnc(C(F)(F)F)n2)nn1-c1ccccc1. The number of aryl methyl sites for hydroxylation is 1. The second-order valence-corrected chi connectivity index (χ2v) is 7.77. The van der Waals surface area contributed by atoms with Crippen LogP contribution in [0.4, 0.5) is 18.9 Å². The molecular formula is C23H18F3N9O2. The number of rotatable bonds is 6. The van der Waals surface area contributed by atoms with Crippen molar-refractivity contribution in [3.05, 3.63) is 82.4 Å². The molecule has 2 heterocycles. The van der Waals surface area contributed by atoms with Gasteiger partial charge >= 0.3 is 6.18 Å². The van der Waals surface area contributed by atoms with E-state index in [4.69, 9.17) is 0 Å². The fraction of sp³-hybridized carbons (Fsp3) is 0.174. The molecule has 2 N–H and O–H groups in total. The third kappa shape index (κ3) is 5.30. The first-order valence-electron chi connectivity index (χ1n) is 10.7. The number of nitriles is 1. The Morgan fingerprint density at radius 1 is 1.08 bits per heavy atom. The quantitative estimate of drug-likeness (QED) is 0.407. The van der Waals surface area contributed by atoms with E-state index in [0.29, 0.717) is 11.3 Å². The number of hydrogen-bond donors (Lipinski definition) is 2. The van der Waals surface area contributed by atoms with Gasteiger partial charge in [-0.2, -0.15) is 28.3 Å². The Morgan fingerprint density at radius 2 is 1.81 bits per heavy atom. The van der Waals surface area contributed by atoms with Crippen molar-refractivity contribution in [2.75, 3.05) is 12.4 Å². The Hall–Kier alpha value is -5.06. The number of anilines is 1. The van der Waals surface area contributed by atoms with Crippen molar-refractivity contribution in [3.63, 3.8) is 0 Å². The molecular weight excluding hydrogens is 491 g/mol. The van der Waals surface area contributed by atoms with Gasteiger partial charge in [0.05, 0.1) is 34.3 Å². The molecule has 0 unspecified atom stereocenters. The highest BCUT2D eigenvalue weighted by Gasteiger charge is 2.36. The highest BCUT2D eigenvalue weighted by molar-refractivity contribution is 6.09. The second-order valence-electron chi connectivity index (χ2n) is 7.77. The van der Waals surface area contributed by atoms with Gasteiger partial charge in [0.15, 0.2) is 0 Å². The zero-order valence-electron chi connectivity index (χ0n) is 19.4. The first-order chi connectivity index (χ1) is 17.6. The average molecular weight is 509 g/mol. The third-order valence-electron chi connectivity index (χ3n) is 5.18. The molecule has 0 atom stereocenters.